The summed E-state index contributed by atoms with van der Waals surface area (Å²) in [5, 5.41) is 0. The van der Waals surface area contributed by atoms with Crippen molar-refractivity contribution in [3.8, 4) is 11.5 Å². The van der Waals surface area contributed by atoms with E-state index in [1.165, 1.54) is 0 Å². The number of rotatable bonds is 4. The molecule has 2 aromatic carbocycles. The van der Waals surface area contributed by atoms with Crippen LogP contribution in [0.1, 0.15) is 22.3 Å². The molecule has 0 bridgehead atoms. The van der Waals surface area contributed by atoms with Crippen LogP contribution >= 0.6 is 7.82 Å². The van der Waals surface area contributed by atoms with Crippen molar-refractivity contribution in [2.75, 3.05) is 0 Å². The first-order valence-electron chi connectivity index (χ1n) is 6.63. The normalized spacial score (nSPS) is 11.3. The summed E-state index contributed by atoms with van der Waals surface area (Å²) in [6.45, 7) is 7.53. The zero-order valence-electron chi connectivity index (χ0n) is 12.6. The molecule has 0 unspecified atom stereocenters. The molecule has 0 saturated heterocycles. The summed E-state index contributed by atoms with van der Waals surface area (Å²) < 4.78 is 22.5. The lowest BCUT2D eigenvalue weighted by atomic mass is 10.1. The first-order chi connectivity index (χ1) is 9.77. The fourth-order valence-corrected chi connectivity index (χ4v) is 3.01. The zero-order valence-corrected chi connectivity index (χ0v) is 13.5. The minimum atomic E-state index is -4.22. The van der Waals surface area contributed by atoms with Crippen molar-refractivity contribution in [1.82, 2.24) is 0 Å². The summed E-state index contributed by atoms with van der Waals surface area (Å²) in [5.74, 6) is 0.687. The number of hydrogen-bond donors (Lipinski definition) is 1. The van der Waals surface area contributed by atoms with E-state index in [2.05, 4.69) is 0 Å². The first kappa shape index (κ1) is 15.6. The highest BCUT2D eigenvalue weighted by Crippen LogP contribution is 2.46. The van der Waals surface area contributed by atoms with Crippen molar-refractivity contribution >= 4 is 7.82 Å². The van der Waals surface area contributed by atoms with Crippen molar-refractivity contribution in [2.45, 2.75) is 27.7 Å². The van der Waals surface area contributed by atoms with Crippen LogP contribution in [0.4, 0.5) is 0 Å². The van der Waals surface area contributed by atoms with E-state index in [-0.39, 0.29) is 0 Å². The van der Waals surface area contributed by atoms with E-state index in [1.54, 1.807) is 12.1 Å². The van der Waals surface area contributed by atoms with Crippen LogP contribution in [0.2, 0.25) is 0 Å². The van der Waals surface area contributed by atoms with Gasteiger partial charge in [0, 0.05) is 0 Å². The van der Waals surface area contributed by atoms with E-state index in [0.29, 0.717) is 11.5 Å². The standard InChI is InChI=1S/C16H19O4P/c1-11-5-7-15(13(3)9-11)19-21(17,18)20-16-8-6-12(2)10-14(16)4/h5-10H,1-4H3,(H,17,18). The Morgan fingerprint density at radius 2 is 1.19 bits per heavy atom. The monoisotopic (exact) mass is 306 g/mol. The van der Waals surface area contributed by atoms with Gasteiger partial charge < -0.3 is 9.05 Å². The Morgan fingerprint density at radius 3 is 1.52 bits per heavy atom. The van der Waals surface area contributed by atoms with Gasteiger partial charge in [-0.05, 0) is 51.0 Å². The molecule has 5 heteroatoms. The van der Waals surface area contributed by atoms with Crippen molar-refractivity contribution in [1.29, 1.82) is 0 Å². The van der Waals surface area contributed by atoms with Gasteiger partial charge in [0.25, 0.3) is 0 Å². The van der Waals surface area contributed by atoms with Crippen molar-refractivity contribution < 1.29 is 18.5 Å². The number of phosphoric ester groups is 1. The molecule has 0 amide bonds. The average Bonchev–Trinajstić information content (AvgIpc) is 2.36. The van der Waals surface area contributed by atoms with Gasteiger partial charge in [0.05, 0.1) is 0 Å². The maximum absolute atomic E-state index is 12.1. The Bertz CT molecular complexity index is 652. The van der Waals surface area contributed by atoms with Crippen LogP contribution in [0.5, 0.6) is 11.5 Å². The third kappa shape index (κ3) is 4.10. The third-order valence-corrected chi connectivity index (χ3v) is 3.94. The molecule has 0 heterocycles. The van der Waals surface area contributed by atoms with Gasteiger partial charge in [0.15, 0.2) is 0 Å². The lowest BCUT2D eigenvalue weighted by Crippen LogP contribution is -2.02. The van der Waals surface area contributed by atoms with E-state index in [0.717, 1.165) is 22.3 Å². The highest BCUT2D eigenvalue weighted by molar-refractivity contribution is 7.48. The summed E-state index contributed by atoms with van der Waals surface area (Å²) in [5.41, 5.74) is 3.69. The van der Waals surface area contributed by atoms with Crippen LogP contribution in [-0.2, 0) is 4.57 Å². The lowest BCUT2D eigenvalue weighted by molar-refractivity contribution is 0.289. The van der Waals surface area contributed by atoms with E-state index < -0.39 is 7.82 Å². The van der Waals surface area contributed by atoms with Crippen LogP contribution in [0.15, 0.2) is 36.4 Å². The molecule has 0 spiro atoms. The second-order valence-corrected chi connectivity index (χ2v) is 6.49. The lowest BCUT2D eigenvalue weighted by Gasteiger charge is -2.16. The van der Waals surface area contributed by atoms with Gasteiger partial charge >= 0.3 is 7.82 Å². The molecule has 0 saturated carbocycles. The van der Waals surface area contributed by atoms with Crippen LogP contribution < -0.4 is 9.05 Å². The molecule has 112 valence electrons. The molecule has 0 aromatic heterocycles. The molecule has 0 aliphatic rings. The largest absolute Gasteiger partial charge is 0.584 e. The van der Waals surface area contributed by atoms with Gasteiger partial charge in [0.1, 0.15) is 11.5 Å². The Kier molecular flexibility index (Phi) is 4.40. The van der Waals surface area contributed by atoms with Crippen molar-refractivity contribution in [3.63, 3.8) is 0 Å². The summed E-state index contributed by atoms with van der Waals surface area (Å²) in [6.07, 6.45) is 0. The van der Waals surface area contributed by atoms with Gasteiger partial charge in [-0.15, -0.1) is 0 Å². The third-order valence-electron chi connectivity index (χ3n) is 3.09. The molecule has 0 radical (unpaired) electrons. The molecule has 0 aliphatic carbocycles. The Hall–Kier alpha value is -1.77. The fraction of sp³-hybridized carbons (Fsp3) is 0.250. The van der Waals surface area contributed by atoms with Gasteiger partial charge in [-0.2, -0.15) is 0 Å². The molecular weight excluding hydrogens is 287 g/mol. The molecule has 0 aliphatic heterocycles. The van der Waals surface area contributed by atoms with Gasteiger partial charge in [-0.1, -0.05) is 35.4 Å². The predicted molar refractivity (Wildman–Crippen MR) is 82.9 cm³/mol. The number of aryl methyl sites for hydroxylation is 4. The topological polar surface area (TPSA) is 55.8 Å². The zero-order chi connectivity index (χ0) is 15.6. The van der Waals surface area contributed by atoms with E-state index in [9.17, 15) is 9.46 Å². The van der Waals surface area contributed by atoms with Crippen molar-refractivity contribution in [2.24, 2.45) is 0 Å². The second kappa shape index (κ2) is 5.92. The van der Waals surface area contributed by atoms with E-state index in [4.69, 9.17) is 9.05 Å². The van der Waals surface area contributed by atoms with Crippen LogP contribution in [0.25, 0.3) is 0 Å². The molecular formula is C16H19O4P. The summed E-state index contributed by atoms with van der Waals surface area (Å²) in [7, 11) is -4.22. The first-order valence-corrected chi connectivity index (χ1v) is 8.13. The molecule has 2 aromatic rings. The molecule has 0 atom stereocenters. The van der Waals surface area contributed by atoms with Crippen LogP contribution in [-0.4, -0.2) is 4.89 Å². The Labute approximate surface area is 125 Å². The number of benzene rings is 2. The highest BCUT2D eigenvalue weighted by Gasteiger charge is 2.26. The van der Waals surface area contributed by atoms with Crippen molar-refractivity contribution in [3.05, 3.63) is 58.7 Å². The second-order valence-electron chi connectivity index (χ2n) is 5.19. The predicted octanol–water partition coefficient (Wildman–Crippen LogP) is 4.48. The SMILES string of the molecule is Cc1ccc(OP(=O)(O)Oc2ccc(C)cc2C)c(C)c1. The quantitative estimate of drug-likeness (QED) is 0.846. The van der Waals surface area contributed by atoms with Gasteiger partial charge in [0.2, 0.25) is 0 Å². The molecule has 1 N–H and O–H groups in total. The van der Waals surface area contributed by atoms with E-state index in [1.807, 2.05) is 52.0 Å². The van der Waals surface area contributed by atoms with Crippen LogP contribution in [0, 0.1) is 27.7 Å². The average molecular weight is 306 g/mol. The molecule has 4 nitrogen and oxygen atoms in total. The Balaban J connectivity index is 2.20. The minimum Gasteiger partial charge on any atom is -0.395 e. The summed E-state index contributed by atoms with van der Waals surface area (Å²) >= 11 is 0. The summed E-state index contributed by atoms with van der Waals surface area (Å²) in [4.78, 5) is 9.92. The van der Waals surface area contributed by atoms with Gasteiger partial charge in [-0.3, -0.25) is 4.89 Å². The maximum atomic E-state index is 12.1. The molecule has 0 fully saturated rings. The van der Waals surface area contributed by atoms with E-state index >= 15 is 0 Å². The minimum absolute atomic E-state index is 0.344. The Morgan fingerprint density at radius 1 is 0.810 bits per heavy atom. The number of phosphoric acid groups is 1. The molecule has 2 rings (SSSR count). The summed E-state index contributed by atoms with van der Waals surface area (Å²) in [6, 6.07) is 10.7. The van der Waals surface area contributed by atoms with Crippen LogP contribution in [0.3, 0.4) is 0 Å². The highest BCUT2D eigenvalue weighted by atomic mass is 31.2. The van der Waals surface area contributed by atoms with Gasteiger partial charge in [-0.25, -0.2) is 4.57 Å². The smallest absolute Gasteiger partial charge is 0.395 e. The number of hydrogen-bond acceptors (Lipinski definition) is 3. The molecule has 21 heavy (non-hydrogen) atoms. The fourth-order valence-electron chi connectivity index (χ4n) is 2.07. The maximum Gasteiger partial charge on any atom is 0.584 e.